The average molecular weight is 349 g/mol. The first-order valence-corrected chi connectivity index (χ1v) is 8.50. The third kappa shape index (κ3) is 3.37. The van der Waals surface area contributed by atoms with Crippen molar-refractivity contribution in [2.75, 3.05) is 0 Å². The van der Waals surface area contributed by atoms with E-state index in [0.29, 0.717) is 12.0 Å². The zero-order valence-electron chi connectivity index (χ0n) is 13.1. The summed E-state index contributed by atoms with van der Waals surface area (Å²) < 4.78 is 29.7. The molecule has 7 heteroatoms. The van der Waals surface area contributed by atoms with E-state index >= 15 is 0 Å². The predicted octanol–water partition coefficient (Wildman–Crippen LogP) is 3.31. The number of hydrogen-bond donors (Lipinski definition) is 1. The van der Waals surface area contributed by atoms with E-state index in [1.807, 2.05) is 16.8 Å². The van der Waals surface area contributed by atoms with Crippen molar-refractivity contribution in [3.05, 3.63) is 69.9 Å². The minimum atomic E-state index is -1.56. The van der Waals surface area contributed by atoms with Crippen molar-refractivity contribution in [2.45, 2.75) is 31.9 Å². The van der Waals surface area contributed by atoms with Crippen LogP contribution in [0.5, 0.6) is 0 Å². The largest absolute Gasteiger partial charge is 0.383 e. The molecule has 0 aliphatic heterocycles. The van der Waals surface area contributed by atoms with Crippen LogP contribution < -0.4 is 0 Å². The number of aromatic nitrogens is 3. The molecule has 1 atom stereocenters. The molecule has 3 aromatic rings. The molecule has 4 nitrogen and oxygen atoms in total. The Morgan fingerprint density at radius 1 is 1.33 bits per heavy atom. The number of nitrogens with zero attached hydrogens (tertiary/aromatic N) is 3. The molecule has 2 heterocycles. The standard InChI is InChI=1S/C17H17F2N3OS/c1-2-13-5-14(18)6-15(19)16(13)17(23,7-12-3-4-24-8-12)9-22-11-20-10-21-22/h3-6,8,10-11,23H,2,7,9H2,1H3. The molecule has 2 aromatic heterocycles. The van der Waals surface area contributed by atoms with Gasteiger partial charge in [0.25, 0.3) is 0 Å². The van der Waals surface area contributed by atoms with Crippen LogP contribution in [0.4, 0.5) is 8.78 Å². The third-order valence-corrected chi connectivity index (χ3v) is 4.68. The quantitative estimate of drug-likeness (QED) is 0.743. The van der Waals surface area contributed by atoms with E-state index in [2.05, 4.69) is 10.1 Å². The molecule has 1 unspecified atom stereocenters. The Hall–Kier alpha value is -2.12. The Kier molecular flexibility index (Phi) is 4.73. The highest BCUT2D eigenvalue weighted by atomic mass is 32.1. The minimum Gasteiger partial charge on any atom is -0.383 e. The first kappa shape index (κ1) is 16.7. The van der Waals surface area contributed by atoms with E-state index in [4.69, 9.17) is 0 Å². The lowest BCUT2D eigenvalue weighted by Crippen LogP contribution is -2.36. The number of rotatable bonds is 6. The highest BCUT2D eigenvalue weighted by molar-refractivity contribution is 7.07. The minimum absolute atomic E-state index is 0.0262. The summed E-state index contributed by atoms with van der Waals surface area (Å²) in [6, 6.07) is 3.97. The molecule has 0 aliphatic carbocycles. The molecule has 0 saturated carbocycles. The van der Waals surface area contributed by atoms with E-state index in [9.17, 15) is 13.9 Å². The summed E-state index contributed by atoms with van der Waals surface area (Å²) in [5, 5.41) is 19.2. The lowest BCUT2D eigenvalue weighted by atomic mass is 9.83. The van der Waals surface area contributed by atoms with Crippen LogP contribution in [0.15, 0.2) is 41.6 Å². The first-order valence-electron chi connectivity index (χ1n) is 7.56. The van der Waals surface area contributed by atoms with Crippen LogP contribution >= 0.6 is 11.3 Å². The highest BCUT2D eigenvalue weighted by Crippen LogP contribution is 2.34. The second kappa shape index (κ2) is 6.78. The monoisotopic (exact) mass is 349 g/mol. The number of aliphatic hydroxyl groups is 1. The molecule has 0 spiro atoms. The van der Waals surface area contributed by atoms with Crippen molar-refractivity contribution < 1.29 is 13.9 Å². The van der Waals surface area contributed by atoms with Gasteiger partial charge in [-0.3, -0.25) is 0 Å². The van der Waals surface area contributed by atoms with Gasteiger partial charge in [0, 0.05) is 18.1 Å². The Bertz CT molecular complexity index is 767. The molecule has 3 rings (SSSR count). The molecule has 1 aromatic carbocycles. The number of benzene rings is 1. The Labute approximate surface area is 142 Å². The topological polar surface area (TPSA) is 50.9 Å². The van der Waals surface area contributed by atoms with Crippen LogP contribution in [0, 0.1) is 11.6 Å². The molecule has 126 valence electrons. The van der Waals surface area contributed by atoms with Gasteiger partial charge in [-0.15, -0.1) is 0 Å². The molecule has 0 bridgehead atoms. The summed E-state index contributed by atoms with van der Waals surface area (Å²) in [5.74, 6) is -1.39. The molecule has 24 heavy (non-hydrogen) atoms. The summed E-state index contributed by atoms with van der Waals surface area (Å²) in [6.07, 6.45) is 3.43. The van der Waals surface area contributed by atoms with E-state index in [1.165, 1.54) is 34.7 Å². The van der Waals surface area contributed by atoms with Gasteiger partial charge in [0.05, 0.1) is 6.54 Å². The van der Waals surface area contributed by atoms with Crippen molar-refractivity contribution in [1.82, 2.24) is 14.8 Å². The van der Waals surface area contributed by atoms with Crippen LogP contribution in [0.3, 0.4) is 0 Å². The van der Waals surface area contributed by atoms with Gasteiger partial charge in [-0.1, -0.05) is 6.92 Å². The smallest absolute Gasteiger partial charge is 0.137 e. The van der Waals surface area contributed by atoms with Gasteiger partial charge in [-0.25, -0.2) is 18.4 Å². The zero-order chi connectivity index (χ0) is 17.2. The van der Waals surface area contributed by atoms with Gasteiger partial charge in [-0.2, -0.15) is 16.4 Å². The number of hydrogen-bond acceptors (Lipinski definition) is 4. The number of thiophene rings is 1. The second-order valence-electron chi connectivity index (χ2n) is 5.71. The SMILES string of the molecule is CCc1cc(F)cc(F)c1C(O)(Cc1ccsc1)Cn1cncn1. The molecule has 0 saturated heterocycles. The maximum atomic E-state index is 14.6. The fourth-order valence-electron chi connectivity index (χ4n) is 2.96. The predicted molar refractivity (Wildman–Crippen MR) is 87.7 cm³/mol. The second-order valence-corrected chi connectivity index (χ2v) is 6.49. The van der Waals surface area contributed by atoms with Crippen LogP contribution in [0.25, 0.3) is 0 Å². The Balaban J connectivity index is 2.10. The molecule has 0 aliphatic rings. The van der Waals surface area contributed by atoms with Gasteiger partial charge < -0.3 is 5.11 Å². The molecule has 0 amide bonds. The number of halogens is 2. The molecule has 1 N–H and O–H groups in total. The molecule has 0 radical (unpaired) electrons. The maximum Gasteiger partial charge on any atom is 0.137 e. The van der Waals surface area contributed by atoms with Gasteiger partial charge in [0.2, 0.25) is 0 Å². The lowest BCUT2D eigenvalue weighted by molar-refractivity contribution is 0.0109. The lowest BCUT2D eigenvalue weighted by Gasteiger charge is -2.31. The summed E-state index contributed by atoms with van der Waals surface area (Å²) in [6.45, 7) is 1.83. The average Bonchev–Trinajstić information content (AvgIpc) is 3.19. The van der Waals surface area contributed by atoms with Crippen molar-refractivity contribution >= 4 is 11.3 Å². The highest BCUT2D eigenvalue weighted by Gasteiger charge is 2.36. The van der Waals surface area contributed by atoms with Crippen molar-refractivity contribution in [3.8, 4) is 0 Å². The maximum absolute atomic E-state index is 14.6. The fourth-order valence-corrected chi connectivity index (χ4v) is 3.63. The van der Waals surface area contributed by atoms with E-state index < -0.39 is 17.2 Å². The van der Waals surface area contributed by atoms with E-state index in [-0.39, 0.29) is 18.5 Å². The number of aryl methyl sites for hydroxylation is 1. The third-order valence-electron chi connectivity index (χ3n) is 3.95. The fraction of sp³-hybridized carbons (Fsp3) is 0.294. The van der Waals surface area contributed by atoms with Gasteiger partial charge >= 0.3 is 0 Å². The summed E-state index contributed by atoms with van der Waals surface area (Å²) in [7, 11) is 0. The van der Waals surface area contributed by atoms with E-state index in [1.54, 1.807) is 6.92 Å². The summed E-state index contributed by atoms with van der Waals surface area (Å²) >= 11 is 1.50. The van der Waals surface area contributed by atoms with Crippen molar-refractivity contribution in [2.24, 2.45) is 0 Å². The summed E-state index contributed by atoms with van der Waals surface area (Å²) in [4.78, 5) is 3.87. The Morgan fingerprint density at radius 3 is 2.79 bits per heavy atom. The van der Waals surface area contributed by atoms with Gasteiger partial charge in [-0.05, 0) is 40.4 Å². The normalized spacial score (nSPS) is 13.8. The van der Waals surface area contributed by atoms with Crippen molar-refractivity contribution in [1.29, 1.82) is 0 Å². The van der Waals surface area contributed by atoms with Gasteiger partial charge in [0.1, 0.15) is 29.9 Å². The van der Waals surface area contributed by atoms with Crippen LogP contribution in [-0.2, 0) is 25.0 Å². The van der Waals surface area contributed by atoms with Crippen LogP contribution in [0.2, 0.25) is 0 Å². The van der Waals surface area contributed by atoms with Crippen LogP contribution in [0.1, 0.15) is 23.6 Å². The molecular weight excluding hydrogens is 332 g/mol. The van der Waals surface area contributed by atoms with Crippen LogP contribution in [-0.4, -0.2) is 19.9 Å². The summed E-state index contributed by atoms with van der Waals surface area (Å²) in [5.41, 5.74) is -0.107. The van der Waals surface area contributed by atoms with E-state index in [0.717, 1.165) is 11.6 Å². The molecular formula is C17H17F2N3OS. The Morgan fingerprint density at radius 2 is 2.17 bits per heavy atom. The first-order chi connectivity index (χ1) is 11.5. The van der Waals surface area contributed by atoms with Crippen molar-refractivity contribution in [3.63, 3.8) is 0 Å². The zero-order valence-corrected chi connectivity index (χ0v) is 13.9. The van der Waals surface area contributed by atoms with Gasteiger partial charge in [0.15, 0.2) is 0 Å². The molecule has 0 fully saturated rings.